The third-order valence-electron chi connectivity index (χ3n) is 2.06. The van der Waals surface area contributed by atoms with Crippen molar-refractivity contribution in [2.45, 2.75) is 19.3 Å². The topological polar surface area (TPSA) is 37.3 Å². The molecule has 1 aromatic carbocycles. The Labute approximate surface area is 84.3 Å². The summed E-state index contributed by atoms with van der Waals surface area (Å²) < 4.78 is 38.1. The van der Waals surface area contributed by atoms with Crippen molar-refractivity contribution in [2.24, 2.45) is 0 Å². The molecule has 0 saturated carbocycles. The van der Waals surface area contributed by atoms with E-state index in [2.05, 4.69) is 0 Å². The van der Waals surface area contributed by atoms with Crippen molar-refractivity contribution in [1.29, 1.82) is 0 Å². The minimum atomic E-state index is -1.54. The smallest absolute Gasteiger partial charge is 0.303 e. The number of carboxylic acid groups (broad SMARTS) is 1. The first kappa shape index (κ1) is 11.6. The lowest BCUT2D eigenvalue weighted by Crippen LogP contribution is -2.04. The second-order valence-corrected chi connectivity index (χ2v) is 3.30. The minimum Gasteiger partial charge on any atom is -0.481 e. The molecule has 82 valence electrons. The van der Waals surface area contributed by atoms with Crippen LogP contribution in [0.5, 0.6) is 0 Å². The molecule has 0 aliphatic heterocycles. The lowest BCUT2D eigenvalue weighted by Gasteiger charge is -2.09. The van der Waals surface area contributed by atoms with Gasteiger partial charge in [-0.25, -0.2) is 13.2 Å². The van der Waals surface area contributed by atoms with Crippen molar-refractivity contribution in [3.05, 3.63) is 35.1 Å². The van der Waals surface area contributed by atoms with E-state index in [1.54, 1.807) is 0 Å². The van der Waals surface area contributed by atoms with E-state index in [1.165, 1.54) is 6.92 Å². The summed E-state index contributed by atoms with van der Waals surface area (Å²) in [7, 11) is 0. The van der Waals surface area contributed by atoms with Crippen LogP contribution in [0.4, 0.5) is 13.2 Å². The lowest BCUT2D eigenvalue weighted by molar-refractivity contribution is -0.137. The number of halogens is 3. The summed E-state index contributed by atoms with van der Waals surface area (Å²) in [5.74, 6) is -5.79. The number of hydrogen-bond acceptors (Lipinski definition) is 1. The van der Waals surface area contributed by atoms with Gasteiger partial charge >= 0.3 is 5.97 Å². The van der Waals surface area contributed by atoms with Crippen LogP contribution >= 0.6 is 0 Å². The molecule has 0 bridgehead atoms. The second kappa shape index (κ2) is 4.33. The van der Waals surface area contributed by atoms with Gasteiger partial charge in [0, 0.05) is 0 Å². The highest BCUT2D eigenvalue weighted by Crippen LogP contribution is 2.22. The molecule has 1 aromatic rings. The Kier molecular flexibility index (Phi) is 3.34. The molecule has 0 amide bonds. The second-order valence-electron chi connectivity index (χ2n) is 3.30. The molecular weight excluding hydrogens is 209 g/mol. The van der Waals surface area contributed by atoms with Crippen LogP contribution in [0.3, 0.4) is 0 Å². The fourth-order valence-corrected chi connectivity index (χ4v) is 1.24. The lowest BCUT2D eigenvalue weighted by atomic mass is 9.97. The molecule has 0 aromatic heterocycles. The van der Waals surface area contributed by atoms with Crippen molar-refractivity contribution in [2.75, 3.05) is 0 Å². The molecule has 0 spiro atoms. The summed E-state index contributed by atoms with van der Waals surface area (Å²) in [5.41, 5.74) is 0.133. The zero-order chi connectivity index (χ0) is 11.6. The zero-order valence-electron chi connectivity index (χ0n) is 7.93. The highest BCUT2D eigenvalue weighted by Gasteiger charge is 2.16. The molecule has 0 fully saturated rings. The Morgan fingerprint density at radius 3 is 2.20 bits per heavy atom. The highest BCUT2D eigenvalue weighted by molar-refractivity contribution is 5.67. The first-order valence-electron chi connectivity index (χ1n) is 4.28. The Bertz CT molecular complexity index is 367. The van der Waals surface area contributed by atoms with E-state index >= 15 is 0 Å². The van der Waals surface area contributed by atoms with Gasteiger partial charge in [-0.3, -0.25) is 4.79 Å². The summed E-state index contributed by atoms with van der Waals surface area (Å²) in [4.78, 5) is 10.4. The highest BCUT2D eigenvalue weighted by atomic mass is 19.2. The molecule has 1 unspecified atom stereocenters. The predicted molar refractivity (Wildman–Crippen MR) is 47.0 cm³/mol. The van der Waals surface area contributed by atoms with Gasteiger partial charge in [-0.1, -0.05) is 6.92 Å². The summed E-state index contributed by atoms with van der Waals surface area (Å²) in [6.45, 7) is 1.50. The largest absolute Gasteiger partial charge is 0.481 e. The maximum Gasteiger partial charge on any atom is 0.303 e. The van der Waals surface area contributed by atoms with Crippen LogP contribution in [-0.2, 0) is 4.79 Å². The quantitative estimate of drug-likeness (QED) is 0.792. The Hall–Kier alpha value is -1.52. The molecule has 0 aliphatic carbocycles. The molecule has 5 heteroatoms. The Morgan fingerprint density at radius 1 is 1.33 bits per heavy atom. The number of carbonyl (C=O) groups is 1. The summed E-state index contributed by atoms with van der Waals surface area (Å²) in [6, 6.07) is 1.62. The van der Waals surface area contributed by atoms with Gasteiger partial charge in [0.25, 0.3) is 0 Å². The van der Waals surface area contributed by atoms with Gasteiger partial charge in [-0.05, 0) is 23.6 Å². The van der Waals surface area contributed by atoms with Crippen LogP contribution in [0.2, 0.25) is 0 Å². The van der Waals surface area contributed by atoms with Crippen molar-refractivity contribution < 1.29 is 23.1 Å². The van der Waals surface area contributed by atoms with Gasteiger partial charge in [0.15, 0.2) is 17.5 Å². The normalized spacial score (nSPS) is 12.5. The zero-order valence-corrected chi connectivity index (χ0v) is 7.93. The number of hydrogen-bond donors (Lipinski definition) is 1. The van der Waals surface area contributed by atoms with Crippen LogP contribution in [0, 0.1) is 17.5 Å². The van der Waals surface area contributed by atoms with Crippen LogP contribution in [0.15, 0.2) is 12.1 Å². The minimum absolute atomic E-state index is 0.133. The number of carboxylic acids is 1. The van der Waals surface area contributed by atoms with Crippen LogP contribution < -0.4 is 0 Å². The van der Waals surface area contributed by atoms with E-state index in [-0.39, 0.29) is 12.0 Å². The standard InChI is InChI=1S/C10H9F3O2/c1-5(2-9(14)15)6-3-7(11)10(13)8(12)4-6/h3-5H,2H2,1H3,(H,14,15). The van der Waals surface area contributed by atoms with Gasteiger partial charge in [0.1, 0.15) is 0 Å². The summed E-state index contributed by atoms with van der Waals surface area (Å²) in [6.07, 6.45) is -0.259. The monoisotopic (exact) mass is 218 g/mol. The molecule has 1 atom stereocenters. The Morgan fingerprint density at radius 2 is 1.80 bits per heavy atom. The van der Waals surface area contributed by atoms with E-state index in [0.29, 0.717) is 0 Å². The van der Waals surface area contributed by atoms with Crippen molar-refractivity contribution >= 4 is 5.97 Å². The molecule has 0 heterocycles. The average molecular weight is 218 g/mol. The maximum absolute atomic E-state index is 12.8. The molecular formula is C10H9F3O2. The number of benzene rings is 1. The van der Waals surface area contributed by atoms with Crippen LogP contribution in [0.1, 0.15) is 24.8 Å². The molecule has 15 heavy (non-hydrogen) atoms. The Balaban J connectivity index is 3.00. The van der Waals surface area contributed by atoms with Gasteiger partial charge in [-0.2, -0.15) is 0 Å². The number of aliphatic carboxylic acids is 1. The van der Waals surface area contributed by atoms with Gasteiger partial charge in [0.2, 0.25) is 0 Å². The van der Waals surface area contributed by atoms with E-state index < -0.39 is 29.3 Å². The molecule has 1 N–H and O–H groups in total. The predicted octanol–water partition coefficient (Wildman–Crippen LogP) is 2.68. The fraction of sp³-hybridized carbons (Fsp3) is 0.300. The van der Waals surface area contributed by atoms with E-state index in [9.17, 15) is 18.0 Å². The van der Waals surface area contributed by atoms with Crippen LogP contribution in [0.25, 0.3) is 0 Å². The van der Waals surface area contributed by atoms with Crippen molar-refractivity contribution in [3.63, 3.8) is 0 Å². The van der Waals surface area contributed by atoms with E-state index in [0.717, 1.165) is 12.1 Å². The average Bonchev–Trinajstić information content (AvgIpc) is 2.12. The summed E-state index contributed by atoms with van der Waals surface area (Å²) >= 11 is 0. The third-order valence-corrected chi connectivity index (χ3v) is 2.06. The van der Waals surface area contributed by atoms with E-state index in [4.69, 9.17) is 5.11 Å². The van der Waals surface area contributed by atoms with Crippen molar-refractivity contribution in [3.8, 4) is 0 Å². The van der Waals surface area contributed by atoms with Gasteiger partial charge in [-0.15, -0.1) is 0 Å². The number of rotatable bonds is 3. The maximum atomic E-state index is 12.8. The SMILES string of the molecule is CC(CC(=O)O)c1cc(F)c(F)c(F)c1. The summed E-state index contributed by atoms with van der Waals surface area (Å²) in [5, 5.41) is 8.48. The third kappa shape index (κ3) is 2.71. The van der Waals surface area contributed by atoms with Crippen LogP contribution in [-0.4, -0.2) is 11.1 Å². The first-order valence-corrected chi connectivity index (χ1v) is 4.28. The molecule has 2 nitrogen and oxygen atoms in total. The van der Waals surface area contributed by atoms with E-state index in [1.807, 2.05) is 0 Å². The molecule has 0 aliphatic rings. The first-order chi connectivity index (χ1) is 6.91. The molecule has 1 rings (SSSR count). The van der Waals surface area contributed by atoms with Crippen molar-refractivity contribution in [1.82, 2.24) is 0 Å². The fourth-order valence-electron chi connectivity index (χ4n) is 1.24. The van der Waals surface area contributed by atoms with Gasteiger partial charge < -0.3 is 5.11 Å². The molecule has 0 radical (unpaired) electrons. The molecule has 0 saturated heterocycles. The van der Waals surface area contributed by atoms with Gasteiger partial charge in [0.05, 0.1) is 6.42 Å².